The van der Waals surface area contributed by atoms with Gasteiger partial charge in [0.2, 0.25) is 0 Å². The summed E-state index contributed by atoms with van der Waals surface area (Å²) in [6.07, 6.45) is 2.12. The lowest BCUT2D eigenvalue weighted by atomic mass is 10.4. The lowest BCUT2D eigenvalue weighted by Gasteiger charge is -2.02. The van der Waals surface area contributed by atoms with Crippen molar-refractivity contribution >= 4 is 11.8 Å². The molecule has 0 bridgehead atoms. The quantitative estimate of drug-likeness (QED) is 0.451. The van der Waals surface area contributed by atoms with Gasteiger partial charge in [0.05, 0.1) is 0 Å². The van der Waals surface area contributed by atoms with Crippen LogP contribution in [0.15, 0.2) is 16.0 Å². The number of nitrogens with zero attached hydrogens (tertiary/aromatic N) is 1. The molecule has 1 aromatic heterocycles. The van der Waals surface area contributed by atoms with Crippen LogP contribution in [0.4, 0.5) is 0 Å². The Morgan fingerprint density at radius 2 is 2.31 bits per heavy atom. The highest BCUT2D eigenvalue weighted by Gasteiger charge is 1.98. The average molecular weight is 242 g/mol. The highest BCUT2D eigenvalue weighted by Crippen LogP contribution is 2.13. The van der Waals surface area contributed by atoms with Crippen LogP contribution >= 0.6 is 11.8 Å². The van der Waals surface area contributed by atoms with Crippen LogP contribution in [-0.2, 0) is 4.74 Å². The van der Waals surface area contributed by atoms with E-state index in [2.05, 4.69) is 9.97 Å². The third-order valence-electron chi connectivity index (χ3n) is 1.97. The molecule has 1 N–H and O–H groups in total. The van der Waals surface area contributed by atoms with Crippen LogP contribution in [0.3, 0.4) is 0 Å². The van der Waals surface area contributed by atoms with E-state index in [-0.39, 0.29) is 5.56 Å². The summed E-state index contributed by atoms with van der Waals surface area (Å²) < 4.78 is 5.24. The molecule has 0 unspecified atom stereocenters. The van der Waals surface area contributed by atoms with E-state index in [1.807, 2.05) is 13.8 Å². The molecule has 0 aromatic carbocycles. The standard InChI is InChI=1S/C11H18N2O2S/c1-3-15-6-4-5-7-16-11-12-9(2)8-10(14)13-11/h8H,3-7H2,1-2H3,(H,12,13,14). The van der Waals surface area contributed by atoms with E-state index in [0.29, 0.717) is 5.16 Å². The van der Waals surface area contributed by atoms with Gasteiger partial charge in [0, 0.05) is 30.7 Å². The molecule has 0 amide bonds. The zero-order chi connectivity index (χ0) is 11.8. The van der Waals surface area contributed by atoms with Gasteiger partial charge >= 0.3 is 0 Å². The third-order valence-corrected chi connectivity index (χ3v) is 2.93. The smallest absolute Gasteiger partial charge is 0.251 e. The first-order valence-electron chi connectivity index (χ1n) is 5.51. The number of aromatic amines is 1. The normalized spacial score (nSPS) is 10.6. The zero-order valence-corrected chi connectivity index (χ0v) is 10.6. The molecule has 1 rings (SSSR count). The van der Waals surface area contributed by atoms with E-state index >= 15 is 0 Å². The minimum absolute atomic E-state index is 0.0793. The van der Waals surface area contributed by atoms with Gasteiger partial charge in [-0.15, -0.1) is 0 Å². The van der Waals surface area contributed by atoms with Crippen LogP contribution in [-0.4, -0.2) is 28.9 Å². The Morgan fingerprint density at radius 1 is 1.50 bits per heavy atom. The molecule has 16 heavy (non-hydrogen) atoms. The Morgan fingerprint density at radius 3 is 3.00 bits per heavy atom. The highest BCUT2D eigenvalue weighted by molar-refractivity contribution is 7.99. The van der Waals surface area contributed by atoms with Gasteiger partial charge in [-0.1, -0.05) is 11.8 Å². The van der Waals surface area contributed by atoms with E-state index in [1.165, 1.54) is 6.07 Å². The number of nitrogens with one attached hydrogen (secondary N) is 1. The Bertz CT molecular complexity index is 365. The van der Waals surface area contributed by atoms with Crippen LogP contribution in [0.2, 0.25) is 0 Å². The first-order chi connectivity index (χ1) is 7.72. The lowest BCUT2D eigenvalue weighted by Crippen LogP contribution is -2.08. The fraction of sp³-hybridized carbons (Fsp3) is 0.636. The van der Waals surface area contributed by atoms with Crippen LogP contribution in [0.5, 0.6) is 0 Å². The summed E-state index contributed by atoms with van der Waals surface area (Å²) in [5.74, 6) is 0.958. The van der Waals surface area contributed by atoms with E-state index < -0.39 is 0 Å². The monoisotopic (exact) mass is 242 g/mol. The summed E-state index contributed by atoms with van der Waals surface area (Å²) in [5.41, 5.74) is 0.685. The topological polar surface area (TPSA) is 55.0 Å². The maximum atomic E-state index is 11.2. The summed E-state index contributed by atoms with van der Waals surface area (Å²) in [7, 11) is 0. The van der Waals surface area contributed by atoms with Crippen LogP contribution in [0, 0.1) is 6.92 Å². The molecule has 5 heteroatoms. The van der Waals surface area contributed by atoms with Crippen LogP contribution in [0.25, 0.3) is 0 Å². The van der Waals surface area contributed by atoms with Gasteiger partial charge in [0.25, 0.3) is 5.56 Å². The zero-order valence-electron chi connectivity index (χ0n) is 9.78. The van der Waals surface area contributed by atoms with Gasteiger partial charge in [0.15, 0.2) is 5.16 Å². The second-order valence-corrected chi connectivity index (χ2v) is 4.53. The van der Waals surface area contributed by atoms with E-state index in [4.69, 9.17) is 4.74 Å². The molecule has 0 saturated heterocycles. The van der Waals surface area contributed by atoms with Crippen molar-refractivity contribution < 1.29 is 4.74 Å². The van der Waals surface area contributed by atoms with Crippen molar-refractivity contribution in [3.05, 3.63) is 22.1 Å². The molecule has 0 spiro atoms. The molecule has 0 atom stereocenters. The largest absolute Gasteiger partial charge is 0.382 e. The summed E-state index contributed by atoms with van der Waals surface area (Å²) in [6.45, 7) is 5.42. The van der Waals surface area contributed by atoms with Crippen molar-refractivity contribution in [2.45, 2.75) is 31.8 Å². The Balaban J connectivity index is 2.24. The summed E-state index contributed by atoms with van der Waals surface area (Å²) in [5, 5.41) is 0.710. The second kappa shape index (κ2) is 7.46. The first-order valence-corrected chi connectivity index (χ1v) is 6.49. The fourth-order valence-electron chi connectivity index (χ4n) is 1.24. The molecule has 0 aliphatic heterocycles. The Kier molecular flexibility index (Phi) is 6.18. The maximum absolute atomic E-state index is 11.2. The van der Waals surface area contributed by atoms with Gasteiger partial charge in [-0.05, 0) is 26.7 Å². The van der Waals surface area contributed by atoms with E-state index in [0.717, 1.165) is 37.5 Å². The van der Waals surface area contributed by atoms with Crippen molar-refractivity contribution in [2.24, 2.45) is 0 Å². The molecule has 1 aromatic rings. The number of aromatic nitrogens is 2. The number of H-pyrrole nitrogens is 1. The molecule has 1 heterocycles. The lowest BCUT2D eigenvalue weighted by molar-refractivity contribution is 0.144. The van der Waals surface area contributed by atoms with Crippen molar-refractivity contribution in [3.8, 4) is 0 Å². The van der Waals surface area contributed by atoms with Crippen molar-refractivity contribution in [1.29, 1.82) is 0 Å². The average Bonchev–Trinajstić information content (AvgIpc) is 2.22. The number of unbranched alkanes of at least 4 members (excludes halogenated alkanes) is 1. The number of thioether (sulfide) groups is 1. The van der Waals surface area contributed by atoms with Gasteiger partial charge in [-0.3, -0.25) is 4.79 Å². The minimum atomic E-state index is -0.0793. The molecule has 0 saturated carbocycles. The number of aryl methyl sites for hydroxylation is 1. The summed E-state index contributed by atoms with van der Waals surface area (Å²) in [6, 6.07) is 1.50. The van der Waals surface area contributed by atoms with Gasteiger partial charge in [-0.25, -0.2) is 4.98 Å². The molecule has 4 nitrogen and oxygen atoms in total. The molecule has 0 aliphatic rings. The van der Waals surface area contributed by atoms with Crippen molar-refractivity contribution in [1.82, 2.24) is 9.97 Å². The summed E-state index contributed by atoms with van der Waals surface area (Å²) in [4.78, 5) is 18.1. The molecule has 0 radical (unpaired) electrons. The van der Waals surface area contributed by atoms with Crippen molar-refractivity contribution in [3.63, 3.8) is 0 Å². The molecule has 90 valence electrons. The fourth-order valence-corrected chi connectivity index (χ4v) is 2.16. The number of hydrogen-bond donors (Lipinski definition) is 1. The molecule has 0 fully saturated rings. The van der Waals surface area contributed by atoms with Gasteiger partial charge in [-0.2, -0.15) is 0 Å². The summed E-state index contributed by atoms with van der Waals surface area (Å²) >= 11 is 1.58. The first kappa shape index (κ1) is 13.3. The van der Waals surface area contributed by atoms with Crippen LogP contribution < -0.4 is 5.56 Å². The molecule has 0 aliphatic carbocycles. The highest BCUT2D eigenvalue weighted by atomic mass is 32.2. The molecular formula is C11H18N2O2S. The van der Waals surface area contributed by atoms with Crippen LogP contribution in [0.1, 0.15) is 25.5 Å². The maximum Gasteiger partial charge on any atom is 0.251 e. The van der Waals surface area contributed by atoms with Gasteiger partial charge < -0.3 is 9.72 Å². The minimum Gasteiger partial charge on any atom is -0.382 e. The van der Waals surface area contributed by atoms with E-state index in [1.54, 1.807) is 11.8 Å². The predicted octanol–water partition coefficient (Wildman–Crippen LogP) is 1.99. The second-order valence-electron chi connectivity index (χ2n) is 3.44. The number of ether oxygens (including phenoxy) is 1. The van der Waals surface area contributed by atoms with E-state index in [9.17, 15) is 4.79 Å². The van der Waals surface area contributed by atoms with Crippen molar-refractivity contribution in [2.75, 3.05) is 19.0 Å². The molecular weight excluding hydrogens is 224 g/mol. The Labute approximate surface area is 99.8 Å². The third kappa shape index (κ3) is 5.32. The number of hydrogen-bond acceptors (Lipinski definition) is 4. The SMILES string of the molecule is CCOCCCCSc1nc(C)cc(=O)[nH]1. The Hall–Kier alpha value is -0.810. The predicted molar refractivity (Wildman–Crippen MR) is 66.0 cm³/mol. The van der Waals surface area contributed by atoms with Gasteiger partial charge in [0.1, 0.15) is 0 Å². The number of rotatable bonds is 7.